The monoisotopic (exact) mass is 339 g/mol. The molecule has 2 N–H and O–H groups in total. The molecule has 0 radical (unpaired) electrons. The fourth-order valence-electron chi connectivity index (χ4n) is 3.04. The lowest BCUT2D eigenvalue weighted by atomic mass is 10.2. The summed E-state index contributed by atoms with van der Waals surface area (Å²) >= 11 is 1.74. The summed E-state index contributed by atoms with van der Waals surface area (Å²) in [4.78, 5) is 15.7. The quantitative estimate of drug-likeness (QED) is 0.826. The maximum Gasteiger partial charge on any atom is 0.314 e. The van der Waals surface area contributed by atoms with E-state index in [1.807, 2.05) is 0 Å². The number of rotatable bonds is 6. The number of morpholine rings is 1. The van der Waals surface area contributed by atoms with E-state index in [0.717, 1.165) is 45.8 Å². The molecule has 2 saturated heterocycles. The first-order chi connectivity index (χ1) is 11.3. The SMILES string of the molecule is O=C(NC[C@@H]1CCCO1)NC[C@H](c1cccs1)N1CCOCC1. The molecule has 23 heavy (non-hydrogen) atoms. The number of hydrogen-bond donors (Lipinski definition) is 2. The Morgan fingerprint density at radius 3 is 2.91 bits per heavy atom. The summed E-state index contributed by atoms with van der Waals surface area (Å²) in [6.45, 7) is 5.33. The van der Waals surface area contributed by atoms with E-state index in [1.165, 1.54) is 4.88 Å². The Balaban J connectivity index is 1.48. The number of urea groups is 1. The molecule has 0 spiro atoms. The van der Waals surface area contributed by atoms with E-state index in [0.29, 0.717) is 13.1 Å². The number of nitrogens with zero attached hydrogens (tertiary/aromatic N) is 1. The van der Waals surface area contributed by atoms with Gasteiger partial charge in [0.25, 0.3) is 0 Å². The number of thiophene rings is 1. The number of carbonyl (C=O) groups is 1. The number of hydrogen-bond acceptors (Lipinski definition) is 5. The molecule has 2 fully saturated rings. The van der Waals surface area contributed by atoms with E-state index >= 15 is 0 Å². The van der Waals surface area contributed by atoms with Crippen LogP contribution in [-0.4, -0.2) is 63.0 Å². The highest BCUT2D eigenvalue weighted by atomic mass is 32.1. The van der Waals surface area contributed by atoms with Crippen molar-refractivity contribution in [3.05, 3.63) is 22.4 Å². The van der Waals surface area contributed by atoms with Crippen LogP contribution in [0.25, 0.3) is 0 Å². The molecule has 7 heteroatoms. The van der Waals surface area contributed by atoms with Crippen LogP contribution in [0, 0.1) is 0 Å². The Morgan fingerprint density at radius 1 is 1.35 bits per heavy atom. The number of nitrogens with one attached hydrogen (secondary N) is 2. The summed E-state index contributed by atoms with van der Waals surface area (Å²) < 4.78 is 11.0. The van der Waals surface area contributed by atoms with Crippen LogP contribution in [0.2, 0.25) is 0 Å². The van der Waals surface area contributed by atoms with Gasteiger partial charge in [-0.05, 0) is 24.3 Å². The summed E-state index contributed by atoms with van der Waals surface area (Å²) in [5, 5.41) is 8.01. The molecule has 2 aliphatic rings. The lowest BCUT2D eigenvalue weighted by Crippen LogP contribution is -2.46. The smallest absolute Gasteiger partial charge is 0.314 e. The van der Waals surface area contributed by atoms with Crippen molar-refractivity contribution in [3.63, 3.8) is 0 Å². The largest absolute Gasteiger partial charge is 0.379 e. The normalized spacial score (nSPS) is 23.6. The summed E-state index contributed by atoms with van der Waals surface area (Å²) in [7, 11) is 0. The second kappa shape index (κ2) is 8.63. The Bertz CT molecular complexity index is 471. The summed E-state index contributed by atoms with van der Waals surface area (Å²) in [5.74, 6) is 0. The van der Waals surface area contributed by atoms with Crippen molar-refractivity contribution in [2.24, 2.45) is 0 Å². The van der Waals surface area contributed by atoms with E-state index < -0.39 is 0 Å². The highest BCUT2D eigenvalue weighted by Crippen LogP contribution is 2.25. The van der Waals surface area contributed by atoms with Gasteiger partial charge in [-0.15, -0.1) is 11.3 Å². The number of amides is 2. The molecule has 0 unspecified atom stereocenters. The van der Waals surface area contributed by atoms with Gasteiger partial charge in [-0.3, -0.25) is 4.90 Å². The van der Waals surface area contributed by atoms with Gasteiger partial charge in [0, 0.05) is 37.7 Å². The molecule has 0 bridgehead atoms. The van der Waals surface area contributed by atoms with E-state index in [4.69, 9.17) is 9.47 Å². The summed E-state index contributed by atoms with van der Waals surface area (Å²) in [6.07, 6.45) is 2.30. The molecule has 3 rings (SSSR count). The molecule has 128 valence electrons. The van der Waals surface area contributed by atoms with Crippen LogP contribution in [0.4, 0.5) is 4.79 Å². The van der Waals surface area contributed by atoms with Gasteiger partial charge in [-0.1, -0.05) is 6.07 Å². The van der Waals surface area contributed by atoms with Crippen molar-refractivity contribution in [1.82, 2.24) is 15.5 Å². The third-order valence-corrected chi connectivity index (χ3v) is 5.30. The molecular weight excluding hydrogens is 314 g/mol. The molecular formula is C16H25N3O3S. The molecule has 2 atom stereocenters. The zero-order valence-corrected chi connectivity index (χ0v) is 14.1. The maximum absolute atomic E-state index is 12.0. The Hall–Kier alpha value is -1.15. The minimum Gasteiger partial charge on any atom is -0.379 e. The Labute approximate surface area is 141 Å². The van der Waals surface area contributed by atoms with Crippen molar-refractivity contribution in [1.29, 1.82) is 0 Å². The van der Waals surface area contributed by atoms with E-state index in [-0.39, 0.29) is 18.2 Å². The average Bonchev–Trinajstić information content (AvgIpc) is 3.28. The van der Waals surface area contributed by atoms with Crippen molar-refractivity contribution < 1.29 is 14.3 Å². The van der Waals surface area contributed by atoms with Gasteiger partial charge in [0.2, 0.25) is 0 Å². The van der Waals surface area contributed by atoms with E-state index in [1.54, 1.807) is 11.3 Å². The predicted octanol–water partition coefficient (Wildman–Crippen LogP) is 1.60. The zero-order chi connectivity index (χ0) is 15.9. The maximum atomic E-state index is 12.0. The van der Waals surface area contributed by atoms with E-state index in [2.05, 4.69) is 33.0 Å². The lowest BCUT2D eigenvalue weighted by molar-refractivity contribution is 0.0174. The van der Waals surface area contributed by atoms with Gasteiger partial charge in [-0.25, -0.2) is 4.79 Å². The van der Waals surface area contributed by atoms with Gasteiger partial charge in [-0.2, -0.15) is 0 Å². The predicted molar refractivity (Wildman–Crippen MR) is 89.8 cm³/mol. The van der Waals surface area contributed by atoms with Gasteiger partial charge < -0.3 is 20.1 Å². The Kier molecular flexibility index (Phi) is 6.27. The molecule has 6 nitrogen and oxygen atoms in total. The van der Waals surface area contributed by atoms with Crippen LogP contribution >= 0.6 is 11.3 Å². The molecule has 0 aliphatic carbocycles. The van der Waals surface area contributed by atoms with Crippen LogP contribution < -0.4 is 10.6 Å². The molecule has 0 aromatic carbocycles. The minimum atomic E-state index is -0.115. The topological polar surface area (TPSA) is 62.8 Å². The van der Waals surface area contributed by atoms with Gasteiger partial charge in [0.15, 0.2) is 0 Å². The molecule has 1 aromatic heterocycles. The molecule has 3 heterocycles. The van der Waals surface area contributed by atoms with Crippen molar-refractivity contribution in [2.45, 2.75) is 25.0 Å². The van der Waals surface area contributed by atoms with E-state index in [9.17, 15) is 4.79 Å². The minimum absolute atomic E-state index is 0.115. The average molecular weight is 339 g/mol. The van der Waals surface area contributed by atoms with Crippen molar-refractivity contribution in [2.75, 3.05) is 46.0 Å². The van der Waals surface area contributed by atoms with Crippen LogP contribution in [0.1, 0.15) is 23.8 Å². The fourth-order valence-corrected chi connectivity index (χ4v) is 3.90. The third kappa shape index (κ3) is 4.91. The first kappa shape index (κ1) is 16.7. The summed E-state index contributed by atoms with van der Waals surface area (Å²) in [5.41, 5.74) is 0. The lowest BCUT2D eigenvalue weighted by Gasteiger charge is -2.34. The first-order valence-electron chi connectivity index (χ1n) is 8.31. The van der Waals surface area contributed by atoms with Crippen LogP contribution in [-0.2, 0) is 9.47 Å². The van der Waals surface area contributed by atoms with Crippen LogP contribution in [0.15, 0.2) is 17.5 Å². The van der Waals surface area contributed by atoms with Gasteiger partial charge >= 0.3 is 6.03 Å². The third-order valence-electron chi connectivity index (χ3n) is 4.33. The van der Waals surface area contributed by atoms with Crippen molar-refractivity contribution in [3.8, 4) is 0 Å². The standard InChI is InChI=1S/C16H25N3O3S/c20-16(17-11-13-3-1-7-22-13)18-12-14(15-4-2-10-23-15)19-5-8-21-9-6-19/h2,4,10,13-14H,1,3,5-9,11-12H2,(H2,17,18,20)/t13-,14+/m0/s1. The number of ether oxygens (including phenoxy) is 2. The van der Waals surface area contributed by atoms with Crippen LogP contribution in [0.3, 0.4) is 0 Å². The highest BCUT2D eigenvalue weighted by Gasteiger charge is 2.24. The molecule has 2 aliphatic heterocycles. The molecule has 1 aromatic rings. The van der Waals surface area contributed by atoms with Gasteiger partial charge in [0.05, 0.1) is 25.4 Å². The zero-order valence-electron chi connectivity index (χ0n) is 13.3. The Morgan fingerprint density at radius 2 is 2.22 bits per heavy atom. The second-order valence-electron chi connectivity index (χ2n) is 5.91. The first-order valence-corrected chi connectivity index (χ1v) is 9.19. The number of carbonyl (C=O) groups excluding carboxylic acids is 1. The van der Waals surface area contributed by atoms with Gasteiger partial charge in [0.1, 0.15) is 0 Å². The van der Waals surface area contributed by atoms with Crippen molar-refractivity contribution >= 4 is 17.4 Å². The molecule has 2 amide bonds. The molecule has 0 saturated carbocycles. The highest BCUT2D eigenvalue weighted by molar-refractivity contribution is 7.10. The second-order valence-corrected chi connectivity index (χ2v) is 6.88. The summed E-state index contributed by atoms with van der Waals surface area (Å²) in [6, 6.07) is 4.30. The van der Waals surface area contributed by atoms with Crippen LogP contribution in [0.5, 0.6) is 0 Å². The fraction of sp³-hybridized carbons (Fsp3) is 0.688.